The van der Waals surface area contributed by atoms with Crippen molar-refractivity contribution in [1.29, 1.82) is 0 Å². The molecule has 7 nitrogen and oxygen atoms in total. The molecule has 2 N–H and O–H groups in total. The van der Waals surface area contributed by atoms with Gasteiger partial charge in [-0.3, -0.25) is 9.59 Å². The fourth-order valence-corrected chi connectivity index (χ4v) is 3.28. The highest BCUT2D eigenvalue weighted by Crippen LogP contribution is 2.32. The molecule has 2 aromatic carbocycles. The number of fused-ring (bicyclic) bond motifs is 1. The second-order valence-corrected chi connectivity index (χ2v) is 7.85. The Balaban J connectivity index is 1.48. The van der Waals surface area contributed by atoms with Crippen LogP contribution >= 0.6 is 0 Å². The van der Waals surface area contributed by atoms with Crippen LogP contribution < -0.4 is 20.1 Å². The van der Waals surface area contributed by atoms with E-state index in [-0.39, 0.29) is 37.1 Å². The number of nitrogens with zero attached hydrogens (tertiary/aromatic N) is 1. The van der Waals surface area contributed by atoms with Crippen molar-refractivity contribution in [1.82, 2.24) is 15.5 Å². The average Bonchev–Trinajstić information content (AvgIpc) is 3.20. The summed E-state index contributed by atoms with van der Waals surface area (Å²) in [5, 5.41) is 5.71. The Morgan fingerprint density at radius 2 is 1.80 bits per heavy atom. The lowest BCUT2D eigenvalue weighted by Gasteiger charge is -2.28. The maximum absolute atomic E-state index is 12.4. The summed E-state index contributed by atoms with van der Waals surface area (Å²) in [5.74, 6) is 0.871. The topological polar surface area (TPSA) is 79.9 Å². The van der Waals surface area contributed by atoms with Crippen LogP contribution in [0, 0.1) is 5.92 Å². The zero-order valence-corrected chi connectivity index (χ0v) is 17.7. The summed E-state index contributed by atoms with van der Waals surface area (Å²) >= 11 is 0. The maximum Gasteiger partial charge on any atom is 0.251 e. The fraction of sp³-hybridized carbons (Fsp3) is 0.391. The molecule has 30 heavy (non-hydrogen) atoms. The Bertz CT molecular complexity index is 870. The van der Waals surface area contributed by atoms with E-state index in [4.69, 9.17) is 9.47 Å². The van der Waals surface area contributed by atoms with Crippen LogP contribution in [0.15, 0.2) is 48.5 Å². The van der Waals surface area contributed by atoms with Crippen molar-refractivity contribution in [3.63, 3.8) is 0 Å². The van der Waals surface area contributed by atoms with Crippen LogP contribution in [-0.2, 0) is 11.3 Å². The quantitative estimate of drug-likeness (QED) is 0.663. The lowest BCUT2D eigenvalue weighted by Crippen LogP contribution is -2.48. The van der Waals surface area contributed by atoms with Crippen molar-refractivity contribution in [3.05, 3.63) is 59.7 Å². The van der Waals surface area contributed by atoms with Crippen LogP contribution in [0.3, 0.4) is 0 Å². The highest BCUT2D eigenvalue weighted by molar-refractivity contribution is 5.97. The van der Waals surface area contributed by atoms with E-state index in [0.29, 0.717) is 23.6 Å². The molecule has 0 unspecified atom stereocenters. The van der Waals surface area contributed by atoms with Crippen molar-refractivity contribution in [2.75, 3.05) is 26.9 Å². The van der Waals surface area contributed by atoms with Gasteiger partial charge < -0.3 is 25.0 Å². The number of hydrogen-bond donors (Lipinski definition) is 2. The van der Waals surface area contributed by atoms with Crippen LogP contribution in [0.5, 0.6) is 11.5 Å². The number of carbonyl (C=O) groups is 2. The standard InChI is InChI=1S/C23H29N3O4/c1-16(2)19(14-26(3)13-17-7-5-4-6-8-17)25-22(27)12-24-23(28)18-9-10-20-21(11-18)30-15-29-20/h4-11,16,19H,12-15H2,1-3H3,(H,24,28)(H,25,27)/t19-/m0/s1. The van der Waals surface area contributed by atoms with Crippen molar-refractivity contribution in [3.8, 4) is 11.5 Å². The predicted octanol–water partition coefficient (Wildman–Crippen LogP) is 2.42. The second-order valence-electron chi connectivity index (χ2n) is 7.85. The number of nitrogens with one attached hydrogen (secondary N) is 2. The molecule has 0 radical (unpaired) electrons. The van der Waals surface area contributed by atoms with Gasteiger partial charge in [-0.05, 0) is 36.7 Å². The third-order valence-corrected chi connectivity index (χ3v) is 5.00. The van der Waals surface area contributed by atoms with Gasteiger partial charge in [0.2, 0.25) is 12.7 Å². The number of hydrogen-bond acceptors (Lipinski definition) is 5. The number of likely N-dealkylation sites (N-methyl/N-ethyl adjacent to an activating group) is 1. The van der Waals surface area contributed by atoms with E-state index in [2.05, 4.69) is 41.5 Å². The van der Waals surface area contributed by atoms with E-state index in [1.165, 1.54) is 5.56 Å². The SMILES string of the molecule is CC(C)[C@H](CN(C)Cc1ccccc1)NC(=O)CNC(=O)c1ccc2c(c1)OCO2. The van der Waals surface area contributed by atoms with E-state index < -0.39 is 0 Å². The largest absolute Gasteiger partial charge is 0.454 e. The Morgan fingerprint density at radius 1 is 1.07 bits per heavy atom. The number of carbonyl (C=O) groups excluding carboxylic acids is 2. The first kappa shape index (κ1) is 21.6. The first-order chi connectivity index (χ1) is 14.4. The summed E-state index contributed by atoms with van der Waals surface area (Å²) in [6.45, 7) is 5.74. The van der Waals surface area contributed by atoms with E-state index in [1.807, 2.05) is 25.2 Å². The average molecular weight is 412 g/mol. The molecule has 0 spiro atoms. The summed E-state index contributed by atoms with van der Waals surface area (Å²) in [6, 6.07) is 15.2. The molecule has 1 aliphatic rings. The van der Waals surface area contributed by atoms with Crippen LogP contribution in [0.1, 0.15) is 29.8 Å². The molecule has 3 rings (SSSR count). The Labute approximate surface area is 177 Å². The first-order valence-electron chi connectivity index (χ1n) is 10.1. The zero-order chi connectivity index (χ0) is 21.5. The molecule has 0 saturated heterocycles. The molecule has 0 bridgehead atoms. The van der Waals surface area contributed by atoms with Gasteiger partial charge in [-0.1, -0.05) is 44.2 Å². The number of ether oxygens (including phenoxy) is 2. The van der Waals surface area contributed by atoms with Crippen molar-refractivity contribution >= 4 is 11.8 Å². The maximum atomic E-state index is 12.4. The summed E-state index contributed by atoms with van der Waals surface area (Å²) in [7, 11) is 2.04. The van der Waals surface area contributed by atoms with Gasteiger partial charge >= 0.3 is 0 Å². The minimum Gasteiger partial charge on any atom is -0.454 e. The van der Waals surface area contributed by atoms with Crippen LogP contribution in [0.2, 0.25) is 0 Å². The molecule has 1 atom stereocenters. The predicted molar refractivity (Wildman–Crippen MR) is 114 cm³/mol. The highest BCUT2D eigenvalue weighted by atomic mass is 16.7. The molecule has 7 heteroatoms. The molecule has 160 valence electrons. The summed E-state index contributed by atoms with van der Waals surface area (Å²) < 4.78 is 10.5. The smallest absolute Gasteiger partial charge is 0.251 e. The normalized spacial score (nSPS) is 13.4. The number of benzene rings is 2. The van der Waals surface area contributed by atoms with Gasteiger partial charge in [-0.15, -0.1) is 0 Å². The Morgan fingerprint density at radius 3 is 2.53 bits per heavy atom. The second kappa shape index (κ2) is 10.1. The van der Waals surface area contributed by atoms with Gasteiger partial charge in [0.15, 0.2) is 11.5 Å². The summed E-state index contributed by atoms with van der Waals surface area (Å²) in [6.07, 6.45) is 0. The van der Waals surface area contributed by atoms with Crippen molar-refractivity contribution in [2.24, 2.45) is 5.92 Å². The van der Waals surface area contributed by atoms with Crippen molar-refractivity contribution < 1.29 is 19.1 Å². The lowest BCUT2D eigenvalue weighted by atomic mass is 10.0. The van der Waals surface area contributed by atoms with Gasteiger partial charge in [0.25, 0.3) is 5.91 Å². The minimum absolute atomic E-state index is 0.0198. The molecular weight excluding hydrogens is 382 g/mol. The molecular formula is C23H29N3O4. The molecule has 1 aliphatic heterocycles. The van der Waals surface area contributed by atoms with Crippen molar-refractivity contribution in [2.45, 2.75) is 26.4 Å². The molecule has 1 heterocycles. The van der Waals surface area contributed by atoms with E-state index in [1.54, 1.807) is 18.2 Å². The monoisotopic (exact) mass is 411 g/mol. The number of rotatable bonds is 9. The van der Waals surface area contributed by atoms with Crippen LogP contribution in [0.4, 0.5) is 0 Å². The highest BCUT2D eigenvalue weighted by Gasteiger charge is 2.20. The molecule has 2 aromatic rings. The van der Waals surface area contributed by atoms with Gasteiger partial charge in [-0.2, -0.15) is 0 Å². The van der Waals surface area contributed by atoms with Gasteiger partial charge in [0, 0.05) is 24.7 Å². The summed E-state index contributed by atoms with van der Waals surface area (Å²) in [4.78, 5) is 27.0. The Kier molecular flexibility index (Phi) is 7.30. The first-order valence-corrected chi connectivity index (χ1v) is 10.1. The van der Waals surface area contributed by atoms with Gasteiger partial charge in [0.1, 0.15) is 0 Å². The fourth-order valence-electron chi connectivity index (χ4n) is 3.28. The Hall–Kier alpha value is -3.06. The van der Waals surface area contributed by atoms with Crippen LogP contribution in [0.25, 0.3) is 0 Å². The van der Waals surface area contributed by atoms with Gasteiger partial charge in [0.05, 0.1) is 6.54 Å². The third-order valence-electron chi connectivity index (χ3n) is 5.00. The molecule has 2 amide bonds. The minimum atomic E-state index is -0.328. The molecule has 0 saturated carbocycles. The van der Waals surface area contributed by atoms with E-state index >= 15 is 0 Å². The van der Waals surface area contributed by atoms with Crippen LogP contribution in [-0.4, -0.2) is 49.7 Å². The molecule has 0 aliphatic carbocycles. The van der Waals surface area contributed by atoms with E-state index in [9.17, 15) is 9.59 Å². The molecule has 0 fully saturated rings. The molecule has 0 aromatic heterocycles. The number of amides is 2. The van der Waals surface area contributed by atoms with Gasteiger partial charge in [-0.25, -0.2) is 0 Å². The zero-order valence-electron chi connectivity index (χ0n) is 17.7. The summed E-state index contributed by atoms with van der Waals surface area (Å²) in [5.41, 5.74) is 1.65. The van der Waals surface area contributed by atoms with E-state index in [0.717, 1.165) is 6.54 Å². The lowest BCUT2D eigenvalue weighted by molar-refractivity contribution is -0.121. The third kappa shape index (κ3) is 5.97.